The van der Waals surface area contributed by atoms with Gasteiger partial charge in [-0.1, -0.05) is 32.4 Å². The molecule has 0 radical (unpaired) electrons. The molecule has 0 spiro atoms. The Kier molecular flexibility index (Phi) is 7.34. The lowest BCUT2D eigenvalue weighted by atomic mass is 9.65. The molecule has 182 valence electrons. The van der Waals surface area contributed by atoms with Crippen molar-refractivity contribution in [2.24, 2.45) is 23.7 Å². The zero-order valence-corrected chi connectivity index (χ0v) is 20.1. The van der Waals surface area contributed by atoms with E-state index in [1.165, 1.54) is 19.3 Å². The molecule has 3 N–H and O–H groups in total. The Bertz CT molecular complexity index is 870. The summed E-state index contributed by atoms with van der Waals surface area (Å²) in [5, 5.41) is 23.5. The molecule has 3 aliphatic rings. The van der Waals surface area contributed by atoms with Gasteiger partial charge in [0, 0.05) is 17.7 Å². The first kappa shape index (κ1) is 24.1. The summed E-state index contributed by atoms with van der Waals surface area (Å²) in [5.74, 6) is 1.56. The number of nitrogens with one attached hydrogen (secondary N) is 1. The first-order valence-corrected chi connectivity index (χ1v) is 12.5. The number of aliphatic hydroxyl groups excluding tert-OH is 1. The Morgan fingerprint density at radius 1 is 1.24 bits per heavy atom. The summed E-state index contributed by atoms with van der Waals surface area (Å²) in [4.78, 5) is 11.4. The van der Waals surface area contributed by atoms with Crippen molar-refractivity contribution < 1.29 is 24.5 Å². The Labute approximate surface area is 197 Å². The number of aliphatic carboxylic acids is 1. The largest absolute Gasteiger partial charge is 0.488 e. The van der Waals surface area contributed by atoms with Crippen molar-refractivity contribution in [1.82, 2.24) is 5.32 Å². The lowest BCUT2D eigenvalue weighted by Gasteiger charge is -2.42. The number of carbonyl (C=O) groups is 1. The fraction of sp³-hybridized carbons (Fsp3) is 0.667. The first-order chi connectivity index (χ1) is 15.7. The van der Waals surface area contributed by atoms with Gasteiger partial charge < -0.3 is 25.0 Å². The number of carboxylic acids is 1. The monoisotopic (exact) mass is 457 g/mol. The third-order valence-corrected chi connectivity index (χ3v) is 8.28. The van der Waals surface area contributed by atoms with Gasteiger partial charge in [0.15, 0.2) is 0 Å². The van der Waals surface area contributed by atoms with Crippen LogP contribution in [-0.2, 0) is 16.0 Å². The summed E-state index contributed by atoms with van der Waals surface area (Å²) >= 11 is 0. The normalized spacial score (nSPS) is 32.4. The van der Waals surface area contributed by atoms with E-state index in [1.807, 2.05) is 25.1 Å². The predicted molar refractivity (Wildman–Crippen MR) is 128 cm³/mol. The number of hydrogen-bond donors (Lipinski definition) is 3. The maximum Gasteiger partial charge on any atom is 0.326 e. The van der Waals surface area contributed by atoms with Gasteiger partial charge in [-0.05, 0) is 74.5 Å². The quantitative estimate of drug-likeness (QED) is 0.592. The van der Waals surface area contributed by atoms with Gasteiger partial charge in [0.05, 0.1) is 18.8 Å². The minimum absolute atomic E-state index is 0.121. The van der Waals surface area contributed by atoms with Gasteiger partial charge in [-0.15, -0.1) is 0 Å². The van der Waals surface area contributed by atoms with E-state index in [2.05, 4.69) is 25.7 Å². The highest BCUT2D eigenvalue weighted by Crippen LogP contribution is 2.44. The van der Waals surface area contributed by atoms with Crippen LogP contribution in [0, 0.1) is 23.7 Å². The van der Waals surface area contributed by atoms with E-state index in [0.29, 0.717) is 41.7 Å². The lowest BCUT2D eigenvalue weighted by Crippen LogP contribution is -2.43. The van der Waals surface area contributed by atoms with Gasteiger partial charge in [0.2, 0.25) is 0 Å². The highest BCUT2D eigenvalue weighted by Gasteiger charge is 2.41. The molecule has 2 fully saturated rings. The van der Waals surface area contributed by atoms with E-state index in [-0.39, 0.29) is 12.0 Å². The highest BCUT2D eigenvalue weighted by atomic mass is 16.5. The van der Waals surface area contributed by atoms with Crippen molar-refractivity contribution in [1.29, 1.82) is 0 Å². The summed E-state index contributed by atoms with van der Waals surface area (Å²) in [7, 11) is 0. The van der Waals surface area contributed by atoms with Gasteiger partial charge in [-0.3, -0.25) is 0 Å². The number of benzene rings is 1. The van der Waals surface area contributed by atoms with Gasteiger partial charge in [0.25, 0.3) is 0 Å². The molecule has 2 heterocycles. The van der Waals surface area contributed by atoms with Crippen molar-refractivity contribution >= 4 is 11.7 Å². The van der Waals surface area contributed by atoms with E-state index in [4.69, 9.17) is 9.47 Å². The SMILES string of the molecule is C=C1N[C@H](C(=O)O)Cc2ccc(O[C@H](C)[C@@H](O)[C@H](C)[C@@H]3CCC[C@@H]4CCC(C)OCC43)cc21. The second-order valence-electron chi connectivity index (χ2n) is 10.4. The molecule has 6 heteroatoms. The molecule has 0 aromatic heterocycles. The van der Waals surface area contributed by atoms with E-state index in [9.17, 15) is 15.0 Å². The maximum absolute atomic E-state index is 11.4. The van der Waals surface area contributed by atoms with E-state index in [0.717, 1.165) is 30.6 Å². The number of rotatable bonds is 6. The van der Waals surface area contributed by atoms with Crippen LogP contribution in [0.4, 0.5) is 0 Å². The van der Waals surface area contributed by atoms with Crippen molar-refractivity contribution in [3.63, 3.8) is 0 Å². The average Bonchev–Trinajstić information content (AvgIpc) is 2.99. The van der Waals surface area contributed by atoms with Gasteiger partial charge in [-0.25, -0.2) is 4.79 Å². The van der Waals surface area contributed by atoms with E-state index < -0.39 is 18.1 Å². The number of aliphatic hydroxyl groups is 1. The van der Waals surface area contributed by atoms with Gasteiger partial charge >= 0.3 is 5.97 Å². The summed E-state index contributed by atoms with van der Waals surface area (Å²) in [6.07, 6.45) is 5.80. The van der Waals surface area contributed by atoms with Crippen LogP contribution in [0.1, 0.15) is 64.0 Å². The van der Waals surface area contributed by atoms with E-state index >= 15 is 0 Å². The molecule has 33 heavy (non-hydrogen) atoms. The standard InChI is InChI=1S/C27H39NO5/c1-15-8-9-19-6-5-7-22(24(19)14-32-15)16(2)26(29)18(4)33-21-11-10-20-12-25(27(30)31)28-17(3)23(20)13-21/h10-11,13,15-16,18-19,22,24-26,28-29H,3,5-9,12,14H2,1-2,4H3,(H,30,31)/t15?,16-,18-,19-,22+,24?,25+,26+/m1/s1. The number of hydrogen-bond acceptors (Lipinski definition) is 5. The molecule has 0 bridgehead atoms. The Balaban J connectivity index is 1.42. The van der Waals surface area contributed by atoms with Crippen LogP contribution in [0.25, 0.3) is 5.70 Å². The van der Waals surface area contributed by atoms with Crippen molar-refractivity contribution in [3.8, 4) is 5.75 Å². The number of ether oxygens (including phenoxy) is 2. The molecule has 1 aliphatic carbocycles. The molecule has 1 saturated carbocycles. The summed E-state index contributed by atoms with van der Waals surface area (Å²) in [6.45, 7) is 11.1. The van der Waals surface area contributed by atoms with Crippen LogP contribution in [0.2, 0.25) is 0 Å². The van der Waals surface area contributed by atoms with Crippen LogP contribution in [0.5, 0.6) is 5.75 Å². The minimum atomic E-state index is -0.883. The fourth-order valence-corrected chi connectivity index (χ4v) is 6.23. The summed E-state index contributed by atoms with van der Waals surface area (Å²) in [6, 6.07) is 5.01. The molecule has 1 aromatic rings. The summed E-state index contributed by atoms with van der Waals surface area (Å²) in [5.41, 5.74) is 2.40. The van der Waals surface area contributed by atoms with E-state index in [1.54, 1.807) is 0 Å². The zero-order valence-electron chi connectivity index (χ0n) is 20.1. The molecular weight excluding hydrogens is 418 g/mol. The molecule has 6 nitrogen and oxygen atoms in total. The van der Waals surface area contributed by atoms with Crippen LogP contribution < -0.4 is 10.1 Å². The maximum atomic E-state index is 11.4. The third kappa shape index (κ3) is 5.22. The number of carboxylic acid groups (broad SMARTS) is 1. The Hall–Kier alpha value is -2.05. The molecule has 8 atom stereocenters. The second kappa shape index (κ2) is 10.1. The molecule has 4 rings (SSSR count). The second-order valence-corrected chi connectivity index (χ2v) is 10.4. The van der Waals surface area contributed by atoms with Crippen LogP contribution >= 0.6 is 0 Å². The predicted octanol–water partition coefficient (Wildman–Crippen LogP) is 4.25. The lowest BCUT2D eigenvalue weighted by molar-refractivity contribution is -0.139. The topological polar surface area (TPSA) is 88.0 Å². The number of fused-ring (bicyclic) bond motifs is 2. The highest BCUT2D eigenvalue weighted by molar-refractivity contribution is 5.80. The average molecular weight is 458 g/mol. The Morgan fingerprint density at radius 2 is 2.03 bits per heavy atom. The van der Waals surface area contributed by atoms with Crippen LogP contribution in [0.3, 0.4) is 0 Å². The Morgan fingerprint density at radius 3 is 2.79 bits per heavy atom. The van der Waals surface area contributed by atoms with Crippen LogP contribution in [-0.4, -0.2) is 47.1 Å². The molecule has 0 amide bonds. The zero-order chi connectivity index (χ0) is 23.7. The third-order valence-electron chi connectivity index (χ3n) is 8.28. The van der Waals surface area contributed by atoms with Gasteiger partial charge in [-0.2, -0.15) is 0 Å². The van der Waals surface area contributed by atoms with Gasteiger partial charge in [0.1, 0.15) is 17.9 Å². The molecule has 2 unspecified atom stereocenters. The molecule has 1 aromatic carbocycles. The summed E-state index contributed by atoms with van der Waals surface area (Å²) < 4.78 is 12.3. The smallest absolute Gasteiger partial charge is 0.326 e. The molecular formula is C27H39NO5. The van der Waals surface area contributed by atoms with Crippen molar-refractivity contribution in [2.45, 2.75) is 83.6 Å². The molecule has 2 aliphatic heterocycles. The van der Waals surface area contributed by atoms with Crippen LogP contribution in [0.15, 0.2) is 24.8 Å². The first-order valence-electron chi connectivity index (χ1n) is 12.5. The fourth-order valence-electron chi connectivity index (χ4n) is 6.23. The van der Waals surface area contributed by atoms with Crippen molar-refractivity contribution in [3.05, 3.63) is 35.9 Å². The van der Waals surface area contributed by atoms with Crippen molar-refractivity contribution in [2.75, 3.05) is 6.61 Å². The molecule has 1 saturated heterocycles. The minimum Gasteiger partial charge on any atom is -0.488 e.